The van der Waals surface area contributed by atoms with Gasteiger partial charge in [-0.1, -0.05) is 60.7 Å². The van der Waals surface area contributed by atoms with E-state index in [2.05, 4.69) is 10.6 Å². The molecule has 3 atom stereocenters. The molecule has 6 nitrogen and oxygen atoms in total. The summed E-state index contributed by atoms with van der Waals surface area (Å²) >= 11 is 1.57. The van der Waals surface area contributed by atoms with Gasteiger partial charge in [-0.05, 0) is 37.5 Å². The second kappa shape index (κ2) is 8.82. The molecule has 3 aliphatic heterocycles. The summed E-state index contributed by atoms with van der Waals surface area (Å²) in [6.45, 7) is 0. The fourth-order valence-electron chi connectivity index (χ4n) is 3.85. The van der Waals surface area contributed by atoms with Crippen molar-refractivity contribution in [2.24, 2.45) is 5.73 Å². The molecule has 2 aromatic carbocycles. The molecule has 0 radical (unpaired) electrons. The van der Waals surface area contributed by atoms with Crippen molar-refractivity contribution in [3.05, 3.63) is 94.2 Å². The van der Waals surface area contributed by atoms with Gasteiger partial charge in [0.25, 0.3) is 0 Å². The Bertz CT molecular complexity index is 1110. The highest BCUT2D eigenvalue weighted by Gasteiger charge is 2.52. The zero-order valence-corrected chi connectivity index (χ0v) is 19.4. The van der Waals surface area contributed by atoms with Crippen LogP contribution >= 0.6 is 32.3 Å². The number of nitrogens with two attached hydrogens (primary N) is 1. The summed E-state index contributed by atoms with van der Waals surface area (Å²) < 4.78 is 9.28. The van der Waals surface area contributed by atoms with E-state index in [1.807, 2.05) is 66.9 Å². The Morgan fingerprint density at radius 2 is 1.78 bits per heavy atom. The molecule has 0 aliphatic carbocycles. The van der Waals surface area contributed by atoms with E-state index in [1.54, 1.807) is 22.6 Å². The molecule has 0 bridgehead atoms. The number of esters is 1. The normalized spacial score (nSPS) is 24.6. The van der Waals surface area contributed by atoms with Crippen molar-refractivity contribution in [3.63, 3.8) is 0 Å². The molecule has 32 heavy (non-hydrogen) atoms. The number of hydrogen-bond donors (Lipinski definition) is 2. The van der Waals surface area contributed by atoms with Crippen LogP contribution in [-0.4, -0.2) is 39.8 Å². The van der Waals surface area contributed by atoms with Gasteiger partial charge >= 0.3 is 5.97 Å². The van der Waals surface area contributed by atoms with Crippen LogP contribution in [0.2, 0.25) is 0 Å². The van der Waals surface area contributed by atoms with Crippen LogP contribution in [0.5, 0.6) is 0 Å². The highest BCUT2D eigenvalue weighted by molar-refractivity contribution is 8.84. The summed E-state index contributed by atoms with van der Waals surface area (Å²) in [5.41, 5.74) is 8.81. The SMILES string of the molecule is C=S1NC=C(C2=C(C(=O)OC(c3ccccc3)c3ccccc3)N3C(=O)C(N)C3SC2)S1. The minimum atomic E-state index is -0.603. The molecular weight excluding hydrogens is 462 g/mol. The quantitative estimate of drug-likeness (QED) is 0.291. The van der Waals surface area contributed by atoms with E-state index in [0.717, 1.165) is 21.6 Å². The average molecular weight is 484 g/mol. The van der Waals surface area contributed by atoms with E-state index in [4.69, 9.17) is 10.5 Å². The largest absolute Gasteiger partial charge is 0.448 e. The van der Waals surface area contributed by atoms with E-state index in [1.165, 1.54) is 4.90 Å². The number of amides is 1. The minimum absolute atomic E-state index is 0.251. The van der Waals surface area contributed by atoms with Crippen LogP contribution in [0.4, 0.5) is 0 Å². The summed E-state index contributed by atoms with van der Waals surface area (Å²) in [7, 11) is 1.23. The molecule has 1 saturated heterocycles. The molecular formula is C23H21N3O3S3. The molecule has 1 fully saturated rings. The van der Waals surface area contributed by atoms with Crippen molar-refractivity contribution in [1.82, 2.24) is 9.62 Å². The van der Waals surface area contributed by atoms with E-state index >= 15 is 0 Å². The number of rotatable bonds is 5. The summed E-state index contributed by atoms with van der Waals surface area (Å²) in [5, 5.41) is -0.251. The van der Waals surface area contributed by atoms with Crippen molar-refractivity contribution < 1.29 is 14.3 Å². The Morgan fingerprint density at radius 1 is 1.16 bits per heavy atom. The number of nitrogens with zero attached hydrogens (tertiary/aromatic N) is 1. The number of β-lactam (4-membered cyclic amide) rings is 1. The summed E-state index contributed by atoms with van der Waals surface area (Å²) in [6.07, 6.45) is 1.27. The number of benzene rings is 2. The van der Waals surface area contributed by atoms with Gasteiger partial charge in [0.1, 0.15) is 17.1 Å². The van der Waals surface area contributed by atoms with Gasteiger partial charge in [-0.25, -0.2) is 4.79 Å². The first-order valence-electron chi connectivity index (χ1n) is 9.98. The summed E-state index contributed by atoms with van der Waals surface area (Å²) in [4.78, 5) is 28.7. The van der Waals surface area contributed by atoms with Crippen LogP contribution in [0, 0.1) is 0 Å². The maximum absolute atomic E-state index is 13.7. The topological polar surface area (TPSA) is 84.7 Å². The molecule has 3 N–H and O–H groups in total. The number of hydrogen-bond acceptors (Lipinski definition) is 7. The fourth-order valence-corrected chi connectivity index (χ4v) is 7.61. The lowest BCUT2D eigenvalue weighted by atomic mass is 10.0. The standard InChI is InChI=1S/C23H21N3O3S3/c1-32-25-12-17(31-32)16-13-30-22-18(24)21(27)26(22)19(16)23(28)29-20(14-8-4-2-5-9-14)15-10-6-3-7-11-15/h2-12,18,20,22,25H,1,13,24H2. The second-order valence-corrected chi connectivity index (χ2v) is 11.8. The summed E-state index contributed by atoms with van der Waals surface area (Å²) in [6, 6.07) is 18.6. The van der Waals surface area contributed by atoms with Gasteiger partial charge < -0.3 is 15.2 Å². The first kappa shape index (κ1) is 21.4. The van der Waals surface area contributed by atoms with E-state index < -0.39 is 18.1 Å². The van der Waals surface area contributed by atoms with Crippen molar-refractivity contribution in [3.8, 4) is 0 Å². The number of carbonyl (C=O) groups is 2. The fraction of sp³-hybridized carbons (Fsp3) is 0.174. The molecule has 2 aromatic rings. The van der Waals surface area contributed by atoms with Crippen LogP contribution in [0.15, 0.2) is 83.0 Å². The molecule has 3 aliphatic rings. The Labute approximate surface area is 196 Å². The maximum Gasteiger partial charge on any atom is 0.356 e. The van der Waals surface area contributed by atoms with Gasteiger partial charge in [0, 0.05) is 22.4 Å². The lowest BCUT2D eigenvalue weighted by Crippen LogP contribution is -2.68. The zero-order chi connectivity index (χ0) is 22.2. The van der Waals surface area contributed by atoms with Crippen molar-refractivity contribution in [2.75, 3.05) is 5.75 Å². The number of thioether (sulfide) groups is 1. The molecule has 5 rings (SSSR count). The molecule has 164 valence electrons. The molecule has 1 amide bonds. The average Bonchev–Trinajstić information content (AvgIpc) is 3.28. The van der Waals surface area contributed by atoms with E-state index in [-0.39, 0.29) is 26.7 Å². The maximum atomic E-state index is 13.7. The van der Waals surface area contributed by atoms with Crippen LogP contribution in [-0.2, 0) is 14.3 Å². The third-order valence-electron chi connectivity index (χ3n) is 5.44. The number of carbonyl (C=O) groups excluding carboxylic acids is 2. The smallest absolute Gasteiger partial charge is 0.356 e. The molecule has 0 saturated carbocycles. The van der Waals surface area contributed by atoms with Gasteiger partial charge in [-0.2, -0.15) is 0 Å². The van der Waals surface area contributed by atoms with Gasteiger partial charge in [0.15, 0.2) is 6.10 Å². The highest BCUT2D eigenvalue weighted by atomic mass is 33.1. The Balaban J connectivity index is 1.54. The van der Waals surface area contributed by atoms with Gasteiger partial charge in [-0.3, -0.25) is 9.69 Å². The van der Waals surface area contributed by atoms with Crippen LogP contribution < -0.4 is 10.5 Å². The first-order chi connectivity index (χ1) is 15.5. The number of ether oxygens (including phenoxy) is 1. The van der Waals surface area contributed by atoms with Crippen molar-refractivity contribution in [2.45, 2.75) is 17.5 Å². The van der Waals surface area contributed by atoms with Crippen molar-refractivity contribution >= 4 is 50.0 Å². The molecule has 9 heteroatoms. The Hall–Kier alpha value is -2.46. The molecule has 3 unspecified atom stereocenters. The first-order valence-corrected chi connectivity index (χ1v) is 13.8. The lowest BCUT2D eigenvalue weighted by Gasteiger charge is -2.48. The monoisotopic (exact) mass is 483 g/mol. The van der Waals surface area contributed by atoms with Crippen molar-refractivity contribution in [1.29, 1.82) is 0 Å². The minimum Gasteiger partial charge on any atom is -0.448 e. The van der Waals surface area contributed by atoms with Gasteiger partial charge in [0.2, 0.25) is 5.91 Å². The van der Waals surface area contributed by atoms with Crippen LogP contribution in [0.3, 0.4) is 0 Å². The highest BCUT2D eigenvalue weighted by Crippen LogP contribution is 2.49. The molecule has 0 aromatic heterocycles. The van der Waals surface area contributed by atoms with Crippen LogP contribution in [0.25, 0.3) is 0 Å². The summed E-state index contributed by atoms with van der Waals surface area (Å²) in [5.74, 6) is 3.83. The number of nitrogens with one attached hydrogen (secondary N) is 1. The lowest BCUT2D eigenvalue weighted by molar-refractivity contribution is -0.153. The third-order valence-corrected chi connectivity index (χ3v) is 9.30. The zero-order valence-electron chi connectivity index (χ0n) is 17.0. The predicted molar refractivity (Wildman–Crippen MR) is 132 cm³/mol. The number of allylic oxidation sites excluding steroid dienone is 1. The Kier molecular flexibility index (Phi) is 5.90. The predicted octanol–water partition coefficient (Wildman–Crippen LogP) is 3.52. The third kappa shape index (κ3) is 3.79. The van der Waals surface area contributed by atoms with E-state index in [0.29, 0.717) is 5.75 Å². The van der Waals surface area contributed by atoms with Gasteiger partial charge in [0.05, 0.1) is 0 Å². The number of fused-ring (bicyclic) bond motifs is 1. The Morgan fingerprint density at radius 3 is 2.34 bits per heavy atom. The van der Waals surface area contributed by atoms with E-state index in [9.17, 15) is 9.59 Å². The molecule has 0 spiro atoms. The van der Waals surface area contributed by atoms with Gasteiger partial charge in [-0.15, -0.1) is 11.8 Å². The second-order valence-electron chi connectivity index (χ2n) is 7.42. The molecule has 3 heterocycles. The van der Waals surface area contributed by atoms with Crippen LogP contribution in [0.1, 0.15) is 17.2 Å².